The van der Waals surface area contributed by atoms with Gasteiger partial charge in [-0.05, 0) is 43.7 Å². The SMILES string of the molecule is CNC1CCc2cc(-c3cccc(-c4cccc(Nc5nc(C(F)F)cc6cnn(C)c(=O)c56)c4Cl)c3Cl)nc(OC)c21. The Kier molecular flexibility index (Phi) is 7.76. The Hall–Kier alpha value is -4.12. The molecule has 2 N–H and O–H groups in total. The van der Waals surface area contributed by atoms with Gasteiger partial charge in [-0.1, -0.05) is 53.5 Å². The molecule has 1 aliphatic carbocycles. The molecular formula is C31H26Cl2F2N6O2. The molecule has 0 aliphatic heterocycles. The summed E-state index contributed by atoms with van der Waals surface area (Å²) >= 11 is 13.9. The van der Waals surface area contributed by atoms with E-state index in [2.05, 4.69) is 20.7 Å². The molecule has 0 amide bonds. The number of alkyl halides is 2. The second kappa shape index (κ2) is 11.5. The number of nitrogens with zero attached hydrogens (tertiary/aromatic N) is 4. The van der Waals surface area contributed by atoms with Crippen LogP contribution < -0.4 is 20.9 Å². The second-order valence-corrected chi connectivity index (χ2v) is 10.9. The third-order valence-corrected chi connectivity index (χ3v) is 8.50. The molecule has 1 unspecified atom stereocenters. The number of methoxy groups -OCH3 is 1. The van der Waals surface area contributed by atoms with Crippen LogP contribution in [0.4, 0.5) is 20.3 Å². The average molecular weight is 623 g/mol. The van der Waals surface area contributed by atoms with Crippen molar-refractivity contribution < 1.29 is 13.5 Å². The molecule has 0 spiro atoms. The largest absolute Gasteiger partial charge is 0.481 e. The molecule has 0 bridgehead atoms. The molecule has 3 heterocycles. The Bertz CT molecular complexity index is 1950. The summed E-state index contributed by atoms with van der Waals surface area (Å²) in [6.07, 6.45) is 0.328. The minimum atomic E-state index is -2.85. The topological polar surface area (TPSA) is 94.0 Å². The predicted molar refractivity (Wildman–Crippen MR) is 165 cm³/mol. The number of aromatic nitrogens is 4. The number of halogens is 4. The predicted octanol–water partition coefficient (Wildman–Crippen LogP) is 7.26. The minimum Gasteiger partial charge on any atom is -0.481 e. The van der Waals surface area contributed by atoms with Crippen molar-refractivity contribution in [1.82, 2.24) is 25.1 Å². The summed E-state index contributed by atoms with van der Waals surface area (Å²) in [4.78, 5) is 21.8. The van der Waals surface area contributed by atoms with E-state index in [1.807, 2.05) is 31.3 Å². The number of hydrogen-bond donors (Lipinski definition) is 2. The Morgan fingerprint density at radius 2 is 1.77 bits per heavy atom. The number of rotatable bonds is 7. The maximum atomic E-state index is 13.7. The van der Waals surface area contributed by atoms with Crippen LogP contribution in [0.5, 0.6) is 5.88 Å². The highest BCUT2D eigenvalue weighted by molar-refractivity contribution is 6.39. The molecule has 2 aromatic carbocycles. The van der Waals surface area contributed by atoms with Crippen LogP contribution in [0.15, 0.2) is 59.5 Å². The molecule has 0 fully saturated rings. The van der Waals surface area contributed by atoms with Crippen LogP contribution >= 0.6 is 23.2 Å². The monoisotopic (exact) mass is 622 g/mol. The Balaban J connectivity index is 1.44. The van der Waals surface area contributed by atoms with Gasteiger partial charge in [-0.15, -0.1) is 0 Å². The van der Waals surface area contributed by atoms with Crippen molar-refractivity contribution in [3.8, 4) is 28.3 Å². The number of nitrogens with one attached hydrogen (secondary N) is 2. The van der Waals surface area contributed by atoms with E-state index in [0.29, 0.717) is 39.0 Å². The van der Waals surface area contributed by atoms with E-state index in [9.17, 15) is 13.6 Å². The first-order valence-corrected chi connectivity index (χ1v) is 14.2. The van der Waals surface area contributed by atoms with Crippen LogP contribution in [-0.2, 0) is 13.5 Å². The number of fused-ring (bicyclic) bond motifs is 2. The zero-order valence-corrected chi connectivity index (χ0v) is 24.9. The van der Waals surface area contributed by atoms with Gasteiger partial charge in [-0.3, -0.25) is 4.79 Å². The number of aryl methyl sites for hydroxylation is 2. The smallest absolute Gasteiger partial charge is 0.280 e. The summed E-state index contributed by atoms with van der Waals surface area (Å²) in [5.41, 5.74) is 4.19. The van der Waals surface area contributed by atoms with Gasteiger partial charge in [0, 0.05) is 40.7 Å². The summed E-state index contributed by atoms with van der Waals surface area (Å²) in [6.45, 7) is 0. The number of ether oxygens (including phenoxy) is 1. The first kappa shape index (κ1) is 29.0. The van der Waals surface area contributed by atoms with E-state index in [1.165, 1.54) is 13.2 Å². The van der Waals surface area contributed by atoms with Crippen LogP contribution in [0.3, 0.4) is 0 Å². The van der Waals surface area contributed by atoms with Crippen molar-refractivity contribution in [3.05, 3.63) is 91.9 Å². The quantitative estimate of drug-likeness (QED) is 0.197. The third kappa shape index (κ3) is 5.09. The zero-order chi connectivity index (χ0) is 30.4. The van der Waals surface area contributed by atoms with E-state index < -0.39 is 17.7 Å². The van der Waals surface area contributed by atoms with Crippen LogP contribution in [0.2, 0.25) is 10.0 Å². The van der Waals surface area contributed by atoms with Crippen LogP contribution in [-0.4, -0.2) is 33.9 Å². The summed E-state index contributed by atoms with van der Waals surface area (Å²) < 4.78 is 34.2. The maximum absolute atomic E-state index is 13.7. The Morgan fingerprint density at radius 3 is 2.49 bits per heavy atom. The lowest BCUT2D eigenvalue weighted by atomic mass is 9.99. The lowest BCUT2D eigenvalue weighted by molar-refractivity contribution is 0.146. The van der Waals surface area contributed by atoms with Gasteiger partial charge in [0.1, 0.15) is 11.5 Å². The van der Waals surface area contributed by atoms with Crippen molar-refractivity contribution in [2.45, 2.75) is 25.3 Å². The molecule has 0 radical (unpaired) electrons. The summed E-state index contributed by atoms with van der Waals surface area (Å²) in [5.74, 6) is 0.506. The minimum absolute atomic E-state index is 0.0518. The zero-order valence-electron chi connectivity index (χ0n) is 23.4. The van der Waals surface area contributed by atoms with Gasteiger partial charge >= 0.3 is 0 Å². The first-order valence-electron chi connectivity index (χ1n) is 13.5. The number of hydrogen-bond acceptors (Lipinski definition) is 7. The van der Waals surface area contributed by atoms with Gasteiger partial charge in [0.15, 0.2) is 0 Å². The molecule has 5 aromatic rings. The summed E-state index contributed by atoms with van der Waals surface area (Å²) in [7, 11) is 5.00. The second-order valence-electron chi connectivity index (χ2n) is 10.2. The number of benzene rings is 2. The van der Waals surface area contributed by atoms with Gasteiger partial charge < -0.3 is 15.4 Å². The van der Waals surface area contributed by atoms with Gasteiger partial charge in [-0.25, -0.2) is 23.4 Å². The van der Waals surface area contributed by atoms with Gasteiger partial charge in [-0.2, -0.15) is 5.10 Å². The first-order chi connectivity index (χ1) is 20.7. The fraction of sp³-hybridized carbons (Fsp3) is 0.226. The van der Waals surface area contributed by atoms with E-state index in [1.54, 1.807) is 25.3 Å². The van der Waals surface area contributed by atoms with Crippen molar-refractivity contribution in [1.29, 1.82) is 0 Å². The summed E-state index contributed by atoms with van der Waals surface area (Å²) in [5, 5.41) is 11.3. The lowest BCUT2D eigenvalue weighted by Crippen LogP contribution is -2.20. The van der Waals surface area contributed by atoms with Crippen LogP contribution in [0, 0.1) is 0 Å². The highest BCUT2D eigenvalue weighted by Gasteiger charge is 2.28. The van der Waals surface area contributed by atoms with E-state index in [0.717, 1.165) is 34.7 Å². The third-order valence-electron chi connectivity index (χ3n) is 7.69. The van der Waals surface area contributed by atoms with E-state index in [-0.39, 0.29) is 27.7 Å². The maximum Gasteiger partial charge on any atom is 0.280 e. The molecule has 220 valence electrons. The van der Waals surface area contributed by atoms with E-state index >= 15 is 0 Å². The molecule has 0 saturated carbocycles. The Morgan fingerprint density at radius 1 is 1.05 bits per heavy atom. The van der Waals surface area contributed by atoms with Crippen molar-refractivity contribution in [3.63, 3.8) is 0 Å². The fourth-order valence-corrected chi connectivity index (χ4v) is 6.17. The lowest BCUT2D eigenvalue weighted by Gasteiger charge is -2.17. The molecule has 1 atom stereocenters. The fourth-order valence-electron chi connectivity index (χ4n) is 5.57. The molecule has 0 saturated heterocycles. The van der Waals surface area contributed by atoms with Crippen molar-refractivity contribution in [2.75, 3.05) is 19.5 Å². The highest BCUT2D eigenvalue weighted by atomic mass is 35.5. The molecule has 1 aliphatic rings. The highest BCUT2D eigenvalue weighted by Crippen LogP contribution is 2.44. The number of pyridine rings is 2. The molecule has 3 aromatic heterocycles. The van der Waals surface area contributed by atoms with Crippen molar-refractivity contribution >= 4 is 45.5 Å². The van der Waals surface area contributed by atoms with E-state index in [4.69, 9.17) is 32.9 Å². The van der Waals surface area contributed by atoms with Crippen molar-refractivity contribution in [2.24, 2.45) is 7.05 Å². The summed E-state index contributed by atoms with van der Waals surface area (Å²) in [6, 6.07) is 14.2. The molecule has 12 heteroatoms. The standard InChI is InChI=1S/C31H26Cl2F2N6O2/c1-36-20-11-10-15-12-22(40-30(43-3)24(15)20)19-8-4-6-17(26(19)32)18-7-5-9-21(27(18)33)38-29-25-16(13-23(39-29)28(34)35)14-37-41(2)31(25)42/h4-9,12-14,20,28,36H,10-11H2,1-3H3,(H,38,39). The molecule has 43 heavy (non-hydrogen) atoms. The van der Waals surface area contributed by atoms with Gasteiger partial charge in [0.2, 0.25) is 5.88 Å². The Labute approximate surface area is 255 Å². The van der Waals surface area contributed by atoms with Gasteiger partial charge in [0.05, 0.1) is 40.1 Å². The van der Waals surface area contributed by atoms with Crippen LogP contribution in [0.1, 0.15) is 35.7 Å². The van der Waals surface area contributed by atoms with Crippen LogP contribution in [0.25, 0.3) is 33.2 Å². The molecule has 6 rings (SSSR count). The van der Waals surface area contributed by atoms with Gasteiger partial charge in [0.25, 0.3) is 12.0 Å². The molecule has 8 nitrogen and oxygen atoms in total. The number of anilines is 2. The normalized spacial score (nSPS) is 14.4. The average Bonchev–Trinajstić information content (AvgIpc) is 3.43. The molecular weight excluding hydrogens is 597 g/mol.